The van der Waals surface area contributed by atoms with Gasteiger partial charge in [-0.25, -0.2) is 0 Å². The van der Waals surface area contributed by atoms with Crippen molar-refractivity contribution < 1.29 is 14.7 Å². The SMILES string of the molecule is O=C(C=Cc1cccnc1)NCCOc1ccc(C(=S)NO)cc1. The van der Waals surface area contributed by atoms with Crippen LogP contribution in [0.3, 0.4) is 0 Å². The first-order chi connectivity index (χ1) is 11.7. The Morgan fingerprint density at radius 3 is 2.75 bits per heavy atom. The monoisotopic (exact) mass is 343 g/mol. The number of thiocarbonyl (C=S) groups is 1. The van der Waals surface area contributed by atoms with Gasteiger partial charge >= 0.3 is 0 Å². The van der Waals surface area contributed by atoms with Crippen molar-refractivity contribution >= 4 is 29.2 Å². The molecule has 0 aliphatic heterocycles. The molecule has 0 radical (unpaired) electrons. The van der Waals surface area contributed by atoms with Crippen molar-refractivity contribution in [2.24, 2.45) is 0 Å². The summed E-state index contributed by atoms with van der Waals surface area (Å²) < 4.78 is 5.51. The molecular weight excluding hydrogens is 326 g/mol. The summed E-state index contributed by atoms with van der Waals surface area (Å²) in [5.41, 5.74) is 3.47. The zero-order chi connectivity index (χ0) is 17.2. The van der Waals surface area contributed by atoms with E-state index < -0.39 is 0 Å². The van der Waals surface area contributed by atoms with Gasteiger partial charge in [0, 0.05) is 24.0 Å². The van der Waals surface area contributed by atoms with Gasteiger partial charge in [-0.2, -0.15) is 0 Å². The second-order valence-electron chi connectivity index (χ2n) is 4.72. The number of carbonyl (C=O) groups excluding carboxylic acids is 1. The number of amides is 1. The molecule has 7 heteroatoms. The van der Waals surface area contributed by atoms with Gasteiger partial charge in [0.2, 0.25) is 5.91 Å². The maximum atomic E-state index is 11.7. The van der Waals surface area contributed by atoms with E-state index in [0.29, 0.717) is 24.5 Å². The van der Waals surface area contributed by atoms with E-state index in [0.717, 1.165) is 5.56 Å². The molecule has 0 unspecified atom stereocenters. The third-order valence-corrected chi connectivity index (χ3v) is 3.33. The third kappa shape index (κ3) is 5.79. The molecule has 24 heavy (non-hydrogen) atoms. The van der Waals surface area contributed by atoms with Gasteiger partial charge in [0.15, 0.2) is 0 Å². The highest BCUT2D eigenvalue weighted by Gasteiger charge is 2.00. The number of nitrogens with one attached hydrogen (secondary N) is 2. The Balaban J connectivity index is 1.70. The Kier molecular flexibility index (Phi) is 6.88. The van der Waals surface area contributed by atoms with Crippen molar-refractivity contribution in [1.29, 1.82) is 0 Å². The number of rotatable bonds is 7. The number of hydrogen-bond acceptors (Lipinski definition) is 5. The average Bonchev–Trinajstić information content (AvgIpc) is 2.64. The van der Waals surface area contributed by atoms with Crippen LogP contribution in [0.5, 0.6) is 5.75 Å². The molecule has 6 nitrogen and oxygen atoms in total. The van der Waals surface area contributed by atoms with Gasteiger partial charge in [0.05, 0.1) is 6.54 Å². The zero-order valence-electron chi connectivity index (χ0n) is 12.8. The minimum absolute atomic E-state index is 0.197. The quantitative estimate of drug-likeness (QED) is 0.308. The molecule has 1 aromatic heterocycles. The summed E-state index contributed by atoms with van der Waals surface area (Å²) in [6.45, 7) is 0.725. The van der Waals surface area contributed by atoms with Gasteiger partial charge in [0.25, 0.3) is 0 Å². The number of carbonyl (C=O) groups is 1. The highest BCUT2D eigenvalue weighted by molar-refractivity contribution is 7.80. The number of pyridine rings is 1. The molecule has 0 saturated heterocycles. The van der Waals surface area contributed by atoms with E-state index >= 15 is 0 Å². The molecule has 0 atom stereocenters. The molecule has 2 rings (SSSR count). The summed E-state index contributed by atoms with van der Waals surface area (Å²) in [5.74, 6) is 0.455. The number of benzene rings is 1. The topological polar surface area (TPSA) is 83.5 Å². The standard InChI is InChI=1S/C17H17N3O3S/c21-16(8-3-13-2-1-9-18-12-13)19-10-11-23-15-6-4-14(5-7-15)17(24)20-22/h1-9,12,22H,10-11H2,(H,19,21)(H,20,24). The average molecular weight is 343 g/mol. The number of ether oxygens (including phenoxy) is 1. The Hall–Kier alpha value is -2.77. The van der Waals surface area contributed by atoms with Gasteiger partial charge in [0.1, 0.15) is 17.3 Å². The van der Waals surface area contributed by atoms with E-state index in [1.807, 2.05) is 11.5 Å². The van der Waals surface area contributed by atoms with E-state index in [-0.39, 0.29) is 10.9 Å². The first-order valence-corrected chi connectivity index (χ1v) is 7.63. The second kappa shape index (κ2) is 9.39. The molecule has 1 heterocycles. The zero-order valence-corrected chi connectivity index (χ0v) is 13.6. The van der Waals surface area contributed by atoms with E-state index in [9.17, 15) is 4.79 Å². The van der Waals surface area contributed by atoms with E-state index in [1.165, 1.54) is 6.08 Å². The van der Waals surface area contributed by atoms with Crippen LogP contribution in [0.1, 0.15) is 11.1 Å². The van der Waals surface area contributed by atoms with Crippen molar-refractivity contribution in [3.05, 3.63) is 66.0 Å². The molecule has 0 bridgehead atoms. The summed E-state index contributed by atoms with van der Waals surface area (Å²) in [6.07, 6.45) is 6.50. The van der Waals surface area contributed by atoms with Crippen LogP contribution in [0.2, 0.25) is 0 Å². The molecule has 0 fully saturated rings. The van der Waals surface area contributed by atoms with Crippen LogP contribution in [-0.2, 0) is 4.79 Å². The number of hydrogen-bond donors (Lipinski definition) is 3. The lowest BCUT2D eigenvalue weighted by Crippen LogP contribution is -2.26. The summed E-state index contributed by atoms with van der Waals surface area (Å²) in [4.78, 5) is 15.9. The Morgan fingerprint density at radius 2 is 2.08 bits per heavy atom. The Bertz CT molecular complexity index is 703. The third-order valence-electron chi connectivity index (χ3n) is 3.00. The lowest BCUT2D eigenvalue weighted by Gasteiger charge is -2.08. The Labute approximate surface area is 145 Å². The molecule has 124 valence electrons. The molecule has 0 spiro atoms. The first-order valence-electron chi connectivity index (χ1n) is 7.22. The Morgan fingerprint density at radius 1 is 1.29 bits per heavy atom. The highest BCUT2D eigenvalue weighted by atomic mass is 32.1. The van der Waals surface area contributed by atoms with Crippen molar-refractivity contribution in [2.75, 3.05) is 13.2 Å². The van der Waals surface area contributed by atoms with Gasteiger partial charge in [-0.1, -0.05) is 18.3 Å². The molecule has 3 N–H and O–H groups in total. The predicted molar refractivity (Wildman–Crippen MR) is 94.8 cm³/mol. The van der Waals surface area contributed by atoms with E-state index in [1.54, 1.807) is 48.8 Å². The lowest BCUT2D eigenvalue weighted by molar-refractivity contribution is -0.116. The van der Waals surface area contributed by atoms with Crippen LogP contribution in [0.25, 0.3) is 6.08 Å². The van der Waals surface area contributed by atoms with Gasteiger partial charge in [-0.15, -0.1) is 0 Å². The summed E-state index contributed by atoms with van der Waals surface area (Å²) in [7, 11) is 0. The van der Waals surface area contributed by atoms with Crippen LogP contribution < -0.4 is 15.5 Å². The van der Waals surface area contributed by atoms with E-state index in [2.05, 4.69) is 10.3 Å². The largest absolute Gasteiger partial charge is 0.492 e. The summed E-state index contributed by atoms with van der Waals surface area (Å²) >= 11 is 4.90. The van der Waals surface area contributed by atoms with Gasteiger partial charge in [-0.3, -0.25) is 20.5 Å². The molecular formula is C17H17N3O3S. The van der Waals surface area contributed by atoms with Gasteiger partial charge in [-0.05, 0) is 42.0 Å². The van der Waals surface area contributed by atoms with Crippen LogP contribution in [-0.4, -0.2) is 34.2 Å². The number of hydroxylamine groups is 1. The van der Waals surface area contributed by atoms with Crippen molar-refractivity contribution in [2.45, 2.75) is 0 Å². The fourth-order valence-electron chi connectivity index (χ4n) is 1.82. The molecule has 2 aromatic rings. The maximum absolute atomic E-state index is 11.7. The number of aromatic nitrogens is 1. The minimum Gasteiger partial charge on any atom is -0.492 e. The minimum atomic E-state index is -0.197. The van der Waals surface area contributed by atoms with E-state index in [4.69, 9.17) is 22.2 Å². The smallest absolute Gasteiger partial charge is 0.244 e. The predicted octanol–water partition coefficient (Wildman–Crippen LogP) is 1.94. The fourth-order valence-corrected chi connectivity index (χ4v) is 1.95. The van der Waals surface area contributed by atoms with Crippen molar-refractivity contribution in [3.8, 4) is 5.75 Å². The number of nitrogens with zero attached hydrogens (tertiary/aromatic N) is 1. The first kappa shape index (κ1) is 17.6. The molecule has 1 amide bonds. The lowest BCUT2D eigenvalue weighted by atomic mass is 10.2. The van der Waals surface area contributed by atoms with Gasteiger partial charge < -0.3 is 10.1 Å². The van der Waals surface area contributed by atoms with Crippen LogP contribution in [0.15, 0.2) is 54.9 Å². The van der Waals surface area contributed by atoms with Crippen LogP contribution in [0.4, 0.5) is 0 Å². The molecule has 1 aromatic carbocycles. The maximum Gasteiger partial charge on any atom is 0.244 e. The van der Waals surface area contributed by atoms with Crippen molar-refractivity contribution in [1.82, 2.24) is 15.8 Å². The van der Waals surface area contributed by atoms with Crippen LogP contribution >= 0.6 is 12.2 Å². The van der Waals surface area contributed by atoms with Crippen LogP contribution in [0, 0.1) is 0 Å². The fraction of sp³-hybridized carbons (Fsp3) is 0.118. The highest BCUT2D eigenvalue weighted by Crippen LogP contribution is 2.12. The summed E-state index contributed by atoms with van der Waals surface area (Å²) in [6, 6.07) is 10.6. The normalized spacial score (nSPS) is 10.4. The second-order valence-corrected chi connectivity index (χ2v) is 5.13. The molecule has 0 saturated carbocycles. The van der Waals surface area contributed by atoms with Crippen molar-refractivity contribution in [3.63, 3.8) is 0 Å². The molecule has 0 aliphatic rings. The summed E-state index contributed by atoms with van der Waals surface area (Å²) in [5, 5.41) is 11.5. The molecule has 0 aliphatic carbocycles.